The number of rotatable bonds is 5. The topological polar surface area (TPSA) is 88.8 Å². The molecular formula is C18H17FN2O5. The molecule has 0 spiro atoms. The first-order valence-corrected chi connectivity index (χ1v) is 7.97. The Morgan fingerprint density at radius 3 is 2.88 bits per heavy atom. The van der Waals surface area contributed by atoms with Crippen molar-refractivity contribution in [2.45, 2.75) is 13.0 Å². The standard InChI is InChI=1S/C18H17FN2O5/c1-25-18(24)14-8-12(4-5-15(14)19)20-17(23)11-7-16(22)21(9-11)10-13-3-2-6-26-13/h2-6,8,11H,7,9-10H2,1H3,(H,20,23)/t11-/m0/s1. The van der Waals surface area contributed by atoms with E-state index in [9.17, 15) is 18.8 Å². The number of carbonyl (C=O) groups excluding carboxylic acids is 3. The van der Waals surface area contributed by atoms with Gasteiger partial charge in [0.2, 0.25) is 11.8 Å². The highest BCUT2D eigenvalue weighted by atomic mass is 19.1. The molecule has 0 saturated carbocycles. The van der Waals surface area contributed by atoms with Gasteiger partial charge in [-0.05, 0) is 30.3 Å². The highest BCUT2D eigenvalue weighted by Gasteiger charge is 2.34. The van der Waals surface area contributed by atoms with Gasteiger partial charge in [0.05, 0.1) is 31.4 Å². The summed E-state index contributed by atoms with van der Waals surface area (Å²) in [6, 6.07) is 7.11. The molecule has 0 unspecified atom stereocenters. The first-order valence-electron chi connectivity index (χ1n) is 7.97. The molecule has 2 heterocycles. The monoisotopic (exact) mass is 360 g/mol. The summed E-state index contributed by atoms with van der Waals surface area (Å²) in [6.07, 6.45) is 1.60. The van der Waals surface area contributed by atoms with E-state index in [-0.39, 0.29) is 36.0 Å². The van der Waals surface area contributed by atoms with Gasteiger partial charge in [0, 0.05) is 18.7 Å². The van der Waals surface area contributed by atoms with Crippen molar-refractivity contribution in [2.75, 3.05) is 19.0 Å². The number of hydrogen-bond donors (Lipinski definition) is 1. The Balaban J connectivity index is 1.65. The molecule has 1 fully saturated rings. The number of hydrogen-bond acceptors (Lipinski definition) is 5. The smallest absolute Gasteiger partial charge is 0.340 e. The second-order valence-corrected chi connectivity index (χ2v) is 5.93. The lowest BCUT2D eigenvalue weighted by molar-refractivity contribution is -0.128. The minimum atomic E-state index is -0.834. The normalized spacial score (nSPS) is 16.6. The molecule has 1 aliphatic rings. The van der Waals surface area contributed by atoms with Gasteiger partial charge in [-0.2, -0.15) is 0 Å². The summed E-state index contributed by atoms with van der Waals surface area (Å²) in [7, 11) is 1.14. The van der Waals surface area contributed by atoms with Gasteiger partial charge in [-0.1, -0.05) is 0 Å². The second-order valence-electron chi connectivity index (χ2n) is 5.93. The van der Waals surface area contributed by atoms with Crippen molar-refractivity contribution in [3.63, 3.8) is 0 Å². The van der Waals surface area contributed by atoms with E-state index in [0.717, 1.165) is 13.2 Å². The molecule has 26 heavy (non-hydrogen) atoms. The van der Waals surface area contributed by atoms with Crippen LogP contribution in [0.5, 0.6) is 0 Å². The van der Waals surface area contributed by atoms with Gasteiger partial charge >= 0.3 is 5.97 Å². The largest absolute Gasteiger partial charge is 0.467 e. The van der Waals surface area contributed by atoms with E-state index in [1.807, 2.05) is 0 Å². The van der Waals surface area contributed by atoms with E-state index >= 15 is 0 Å². The van der Waals surface area contributed by atoms with Gasteiger partial charge in [-0.15, -0.1) is 0 Å². The number of amides is 2. The zero-order chi connectivity index (χ0) is 18.7. The zero-order valence-corrected chi connectivity index (χ0v) is 14.0. The van der Waals surface area contributed by atoms with Crippen LogP contribution in [-0.4, -0.2) is 36.3 Å². The maximum absolute atomic E-state index is 13.7. The fourth-order valence-corrected chi connectivity index (χ4v) is 2.81. The van der Waals surface area contributed by atoms with Gasteiger partial charge in [0.25, 0.3) is 0 Å². The predicted molar refractivity (Wildman–Crippen MR) is 88.6 cm³/mol. The van der Waals surface area contributed by atoms with Gasteiger partial charge in [0.1, 0.15) is 11.6 Å². The highest BCUT2D eigenvalue weighted by molar-refractivity contribution is 5.98. The Hall–Kier alpha value is -3.16. The number of halogens is 1. The van der Waals surface area contributed by atoms with Crippen LogP contribution in [0.25, 0.3) is 0 Å². The Labute approximate surface area is 148 Å². The summed E-state index contributed by atoms with van der Waals surface area (Å²) in [5.41, 5.74) is -0.0130. The summed E-state index contributed by atoms with van der Waals surface area (Å²) < 4.78 is 23.4. The van der Waals surface area contributed by atoms with Crippen molar-refractivity contribution in [2.24, 2.45) is 5.92 Å². The van der Waals surface area contributed by atoms with Crippen LogP contribution in [0.2, 0.25) is 0 Å². The summed E-state index contributed by atoms with van der Waals surface area (Å²) in [6.45, 7) is 0.565. The van der Waals surface area contributed by atoms with Crippen LogP contribution < -0.4 is 5.32 Å². The lowest BCUT2D eigenvalue weighted by atomic mass is 10.1. The van der Waals surface area contributed by atoms with E-state index in [2.05, 4.69) is 10.1 Å². The van der Waals surface area contributed by atoms with Gasteiger partial charge in [-0.3, -0.25) is 9.59 Å². The Morgan fingerprint density at radius 2 is 2.19 bits per heavy atom. The fraction of sp³-hybridized carbons (Fsp3) is 0.278. The Kier molecular flexibility index (Phi) is 5.01. The Bertz CT molecular complexity index is 834. The number of esters is 1. The molecule has 1 aromatic heterocycles. The zero-order valence-electron chi connectivity index (χ0n) is 14.0. The quantitative estimate of drug-likeness (QED) is 0.826. The number of furan rings is 1. The third kappa shape index (κ3) is 3.74. The molecule has 2 amide bonds. The highest BCUT2D eigenvalue weighted by Crippen LogP contribution is 2.23. The molecule has 1 atom stereocenters. The number of ether oxygens (including phenoxy) is 1. The van der Waals surface area contributed by atoms with Crippen molar-refractivity contribution in [1.82, 2.24) is 4.90 Å². The summed E-state index contributed by atoms with van der Waals surface area (Å²) in [4.78, 5) is 37.6. The van der Waals surface area contributed by atoms with Crippen molar-refractivity contribution in [3.8, 4) is 0 Å². The number of likely N-dealkylation sites (tertiary alicyclic amines) is 1. The van der Waals surface area contributed by atoms with Crippen LogP contribution in [0.4, 0.5) is 10.1 Å². The number of benzene rings is 1. The van der Waals surface area contributed by atoms with Crippen LogP contribution in [-0.2, 0) is 20.9 Å². The molecule has 8 heteroatoms. The molecule has 0 aliphatic carbocycles. The molecular weight excluding hydrogens is 343 g/mol. The summed E-state index contributed by atoms with van der Waals surface area (Å²) in [5.74, 6) is -1.99. The van der Waals surface area contributed by atoms with Crippen molar-refractivity contribution in [3.05, 3.63) is 53.7 Å². The van der Waals surface area contributed by atoms with Crippen LogP contribution >= 0.6 is 0 Å². The first-order chi connectivity index (χ1) is 12.5. The molecule has 7 nitrogen and oxygen atoms in total. The average Bonchev–Trinajstić information content (AvgIpc) is 3.26. The number of nitrogens with one attached hydrogen (secondary N) is 1. The number of anilines is 1. The first kappa shape index (κ1) is 17.7. The van der Waals surface area contributed by atoms with Gasteiger partial charge in [-0.25, -0.2) is 9.18 Å². The van der Waals surface area contributed by atoms with Crippen LogP contribution in [0.3, 0.4) is 0 Å². The van der Waals surface area contributed by atoms with Crippen molar-refractivity contribution in [1.29, 1.82) is 0 Å². The molecule has 2 aromatic rings. The molecule has 3 rings (SSSR count). The summed E-state index contributed by atoms with van der Waals surface area (Å²) >= 11 is 0. The van der Waals surface area contributed by atoms with E-state index < -0.39 is 17.7 Å². The maximum atomic E-state index is 13.7. The van der Waals surface area contributed by atoms with E-state index in [0.29, 0.717) is 12.3 Å². The van der Waals surface area contributed by atoms with E-state index in [1.165, 1.54) is 18.4 Å². The molecule has 1 aliphatic heterocycles. The molecule has 0 bridgehead atoms. The van der Waals surface area contributed by atoms with E-state index in [1.54, 1.807) is 17.0 Å². The lowest BCUT2D eigenvalue weighted by Gasteiger charge is -2.15. The minimum absolute atomic E-state index is 0.0809. The number of carbonyl (C=O) groups is 3. The average molecular weight is 360 g/mol. The number of nitrogens with zero attached hydrogens (tertiary/aromatic N) is 1. The predicted octanol–water partition coefficient (Wildman–Crippen LogP) is 2.19. The van der Waals surface area contributed by atoms with Crippen LogP contribution in [0, 0.1) is 11.7 Å². The fourth-order valence-electron chi connectivity index (χ4n) is 2.81. The van der Waals surface area contributed by atoms with Crippen LogP contribution in [0.1, 0.15) is 22.5 Å². The molecule has 136 valence electrons. The SMILES string of the molecule is COC(=O)c1cc(NC(=O)[C@H]2CC(=O)N(Cc3ccco3)C2)ccc1F. The van der Waals surface area contributed by atoms with Gasteiger partial charge in [0.15, 0.2) is 0 Å². The third-order valence-electron chi connectivity index (χ3n) is 4.15. The summed E-state index contributed by atoms with van der Waals surface area (Å²) in [5, 5.41) is 2.61. The van der Waals surface area contributed by atoms with Crippen molar-refractivity contribution < 1.29 is 27.9 Å². The molecule has 1 aromatic carbocycles. The third-order valence-corrected chi connectivity index (χ3v) is 4.15. The van der Waals surface area contributed by atoms with Crippen molar-refractivity contribution >= 4 is 23.5 Å². The van der Waals surface area contributed by atoms with Gasteiger partial charge < -0.3 is 19.4 Å². The molecule has 0 radical (unpaired) electrons. The Morgan fingerprint density at radius 1 is 1.38 bits per heavy atom. The minimum Gasteiger partial charge on any atom is -0.467 e. The molecule has 1 saturated heterocycles. The maximum Gasteiger partial charge on any atom is 0.340 e. The van der Waals surface area contributed by atoms with E-state index in [4.69, 9.17) is 4.42 Å². The van der Waals surface area contributed by atoms with Crippen LogP contribution in [0.15, 0.2) is 41.0 Å². The number of methoxy groups -OCH3 is 1. The lowest BCUT2D eigenvalue weighted by Crippen LogP contribution is -2.28. The second kappa shape index (κ2) is 7.38. The molecule has 1 N–H and O–H groups in total.